The number of amides is 2. The number of hydrogen-bond donors (Lipinski definition) is 1. The average Bonchev–Trinajstić information content (AvgIpc) is 3.02. The van der Waals surface area contributed by atoms with E-state index in [4.69, 9.17) is 34.8 Å². The minimum Gasteiger partial charge on any atom is -0.507 e. The lowest BCUT2D eigenvalue weighted by atomic mass is 10.0. The predicted octanol–water partition coefficient (Wildman–Crippen LogP) is 7.18. The Kier molecular flexibility index (Phi) is 6.82. The minimum absolute atomic E-state index is 0.0178. The van der Waals surface area contributed by atoms with Gasteiger partial charge >= 0.3 is 0 Å². The molecule has 1 fully saturated rings. The maximum atomic E-state index is 12.9. The topological polar surface area (TPSA) is 57.6 Å². The van der Waals surface area contributed by atoms with Crippen LogP contribution >= 0.6 is 46.6 Å². The quantitative estimate of drug-likeness (QED) is 0.374. The highest BCUT2D eigenvalue weighted by molar-refractivity contribution is 8.18. The average molecular weight is 505 g/mol. The molecule has 3 aromatic rings. The molecule has 4 nitrogen and oxygen atoms in total. The highest BCUT2D eigenvalue weighted by Gasteiger charge is 2.35. The van der Waals surface area contributed by atoms with Crippen LogP contribution in [0.4, 0.5) is 4.79 Å². The van der Waals surface area contributed by atoms with Gasteiger partial charge in [-0.15, -0.1) is 0 Å². The van der Waals surface area contributed by atoms with Gasteiger partial charge < -0.3 is 5.11 Å². The largest absolute Gasteiger partial charge is 0.507 e. The number of halogens is 3. The van der Waals surface area contributed by atoms with Crippen molar-refractivity contribution in [2.24, 2.45) is 0 Å². The van der Waals surface area contributed by atoms with Gasteiger partial charge in [-0.05, 0) is 71.3 Å². The molecule has 0 atom stereocenters. The van der Waals surface area contributed by atoms with Crippen LogP contribution in [0.3, 0.4) is 0 Å². The Bertz CT molecular complexity index is 1260. The monoisotopic (exact) mass is 503 g/mol. The zero-order valence-electron chi connectivity index (χ0n) is 16.5. The van der Waals surface area contributed by atoms with Gasteiger partial charge in [-0.25, -0.2) is 0 Å². The number of thioether (sulfide) groups is 1. The molecule has 0 aliphatic carbocycles. The molecule has 8 heteroatoms. The lowest BCUT2D eigenvalue weighted by Crippen LogP contribution is -2.27. The third-order valence-corrected chi connectivity index (χ3v) is 6.94. The summed E-state index contributed by atoms with van der Waals surface area (Å²) in [6.07, 6.45) is 2.10. The van der Waals surface area contributed by atoms with Crippen molar-refractivity contribution in [3.8, 4) is 5.75 Å². The summed E-state index contributed by atoms with van der Waals surface area (Å²) in [5.41, 5.74) is 3.01. The molecule has 162 valence electrons. The first-order chi connectivity index (χ1) is 15.3. The van der Waals surface area contributed by atoms with E-state index >= 15 is 0 Å². The Morgan fingerprint density at radius 2 is 1.62 bits per heavy atom. The molecule has 1 heterocycles. The highest BCUT2D eigenvalue weighted by Crippen LogP contribution is 2.35. The van der Waals surface area contributed by atoms with Gasteiger partial charge in [-0.3, -0.25) is 14.5 Å². The van der Waals surface area contributed by atoms with Crippen LogP contribution in [0.1, 0.15) is 22.3 Å². The third kappa shape index (κ3) is 4.97. The molecule has 1 aliphatic rings. The molecule has 0 aromatic heterocycles. The van der Waals surface area contributed by atoms with E-state index in [-0.39, 0.29) is 22.4 Å². The van der Waals surface area contributed by atoms with Gasteiger partial charge in [0.1, 0.15) is 5.75 Å². The number of hydrogen-bond acceptors (Lipinski definition) is 4. The number of nitrogens with zero attached hydrogens (tertiary/aromatic N) is 1. The molecular weight excluding hydrogens is 489 g/mol. The summed E-state index contributed by atoms with van der Waals surface area (Å²) in [6.45, 7) is 0.0808. The number of phenolic OH excluding ortho intramolecular Hbond substituents is 1. The van der Waals surface area contributed by atoms with Crippen LogP contribution in [0.15, 0.2) is 65.6 Å². The SMILES string of the molecule is O=C1S/C(=C\c2cc(Cc3ccccc3Cl)ccc2O)C(=O)N1Cc1ccc(Cl)c(Cl)c1. The van der Waals surface area contributed by atoms with Gasteiger partial charge in [0.05, 0.1) is 21.5 Å². The fourth-order valence-electron chi connectivity index (χ4n) is 3.29. The van der Waals surface area contributed by atoms with E-state index in [2.05, 4.69) is 0 Å². The van der Waals surface area contributed by atoms with Crippen molar-refractivity contribution in [3.05, 3.63) is 103 Å². The minimum atomic E-state index is -0.429. The Morgan fingerprint density at radius 1 is 0.875 bits per heavy atom. The molecule has 0 unspecified atom stereocenters. The maximum absolute atomic E-state index is 12.9. The fourth-order valence-corrected chi connectivity index (χ4v) is 4.64. The van der Waals surface area contributed by atoms with Crippen molar-refractivity contribution in [2.75, 3.05) is 0 Å². The summed E-state index contributed by atoms with van der Waals surface area (Å²) in [7, 11) is 0. The maximum Gasteiger partial charge on any atom is 0.293 e. The van der Waals surface area contributed by atoms with Gasteiger partial charge in [0, 0.05) is 10.6 Å². The summed E-state index contributed by atoms with van der Waals surface area (Å²) in [6, 6.07) is 17.6. The molecule has 1 saturated heterocycles. The first-order valence-corrected chi connectivity index (χ1v) is 11.5. The van der Waals surface area contributed by atoms with E-state index in [0.717, 1.165) is 27.8 Å². The number of carbonyl (C=O) groups is 2. The first-order valence-electron chi connectivity index (χ1n) is 9.56. The van der Waals surface area contributed by atoms with E-state index in [1.54, 1.807) is 36.4 Å². The first kappa shape index (κ1) is 22.7. The zero-order valence-corrected chi connectivity index (χ0v) is 19.6. The number of benzene rings is 3. The second-order valence-electron chi connectivity index (χ2n) is 7.18. The standard InChI is InChI=1S/C24H16Cl3NO3S/c25-18-4-2-1-3-16(18)9-14-6-8-21(29)17(10-14)12-22-23(30)28(24(31)32-22)13-15-5-7-19(26)20(27)11-15/h1-8,10-12,29H,9,13H2/b22-12-. The summed E-state index contributed by atoms with van der Waals surface area (Å²) in [5, 5.41) is 11.3. The number of aromatic hydroxyl groups is 1. The number of carbonyl (C=O) groups excluding carboxylic acids is 2. The molecule has 1 aliphatic heterocycles. The lowest BCUT2D eigenvalue weighted by molar-refractivity contribution is -0.123. The van der Waals surface area contributed by atoms with Crippen molar-refractivity contribution >= 4 is 63.8 Å². The van der Waals surface area contributed by atoms with E-state index in [9.17, 15) is 14.7 Å². The Hall–Kier alpha value is -2.44. The highest BCUT2D eigenvalue weighted by atomic mass is 35.5. The van der Waals surface area contributed by atoms with Gasteiger partial charge in [0.15, 0.2) is 0 Å². The molecule has 0 bridgehead atoms. The van der Waals surface area contributed by atoms with Gasteiger partial charge in [-0.2, -0.15) is 0 Å². The summed E-state index contributed by atoms with van der Waals surface area (Å²) >= 11 is 19.0. The van der Waals surface area contributed by atoms with Crippen molar-refractivity contribution in [1.29, 1.82) is 0 Å². The van der Waals surface area contributed by atoms with E-state index < -0.39 is 5.91 Å². The zero-order chi connectivity index (χ0) is 22.8. The second kappa shape index (κ2) is 9.59. The molecule has 3 aromatic carbocycles. The van der Waals surface area contributed by atoms with Gasteiger partial charge in [0.25, 0.3) is 11.1 Å². The summed E-state index contributed by atoms with van der Waals surface area (Å²) < 4.78 is 0. The van der Waals surface area contributed by atoms with Crippen LogP contribution in [0.25, 0.3) is 6.08 Å². The van der Waals surface area contributed by atoms with Crippen LogP contribution in [-0.4, -0.2) is 21.2 Å². The second-order valence-corrected chi connectivity index (χ2v) is 9.39. The molecule has 32 heavy (non-hydrogen) atoms. The molecule has 4 rings (SSSR count). The molecular formula is C24H16Cl3NO3S. The molecule has 0 radical (unpaired) electrons. The summed E-state index contributed by atoms with van der Waals surface area (Å²) in [4.78, 5) is 26.7. The lowest BCUT2D eigenvalue weighted by Gasteiger charge is -2.13. The molecule has 2 amide bonds. The van der Waals surface area contributed by atoms with Crippen LogP contribution in [-0.2, 0) is 17.8 Å². The predicted molar refractivity (Wildman–Crippen MR) is 130 cm³/mol. The number of imide groups is 1. The molecule has 0 spiro atoms. The Balaban J connectivity index is 1.57. The Morgan fingerprint density at radius 3 is 2.38 bits per heavy atom. The Labute approximate surface area is 204 Å². The van der Waals surface area contributed by atoms with E-state index in [1.807, 2.05) is 24.3 Å². The van der Waals surface area contributed by atoms with Crippen LogP contribution < -0.4 is 0 Å². The van der Waals surface area contributed by atoms with E-state index in [0.29, 0.717) is 32.6 Å². The van der Waals surface area contributed by atoms with Gasteiger partial charge in [-0.1, -0.05) is 65.1 Å². The fraction of sp³-hybridized carbons (Fsp3) is 0.0833. The van der Waals surface area contributed by atoms with Crippen LogP contribution in [0.5, 0.6) is 5.75 Å². The van der Waals surface area contributed by atoms with Crippen molar-refractivity contribution < 1.29 is 14.7 Å². The van der Waals surface area contributed by atoms with Crippen molar-refractivity contribution in [3.63, 3.8) is 0 Å². The molecule has 1 N–H and O–H groups in total. The van der Waals surface area contributed by atoms with Crippen molar-refractivity contribution in [2.45, 2.75) is 13.0 Å². The van der Waals surface area contributed by atoms with Gasteiger partial charge in [0.2, 0.25) is 0 Å². The summed E-state index contributed by atoms with van der Waals surface area (Å²) in [5.74, 6) is -0.411. The van der Waals surface area contributed by atoms with E-state index in [1.165, 1.54) is 6.08 Å². The van der Waals surface area contributed by atoms with Crippen molar-refractivity contribution in [1.82, 2.24) is 4.90 Å². The number of phenols is 1. The smallest absolute Gasteiger partial charge is 0.293 e. The third-order valence-electron chi connectivity index (χ3n) is 4.93. The normalized spacial score (nSPS) is 15.1. The van der Waals surface area contributed by atoms with Crippen LogP contribution in [0, 0.1) is 0 Å². The number of rotatable bonds is 5. The van der Waals surface area contributed by atoms with Crippen LogP contribution in [0.2, 0.25) is 15.1 Å². The molecule has 0 saturated carbocycles.